The van der Waals surface area contributed by atoms with E-state index < -0.39 is 0 Å². The van der Waals surface area contributed by atoms with E-state index in [0.29, 0.717) is 17.1 Å². The van der Waals surface area contributed by atoms with Gasteiger partial charge in [0.05, 0.1) is 0 Å². The first kappa shape index (κ1) is 17.4. The predicted molar refractivity (Wildman–Crippen MR) is 105 cm³/mol. The number of rotatable bonds is 4. The lowest BCUT2D eigenvalue weighted by Crippen LogP contribution is -2.50. The second kappa shape index (κ2) is 7.68. The molecule has 0 spiro atoms. The van der Waals surface area contributed by atoms with E-state index >= 15 is 0 Å². The van der Waals surface area contributed by atoms with E-state index in [2.05, 4.69) is 45.9 Å². The molecule has 2 N–H and O–H groups in total. The number of piperidine rings is 1. The van der Waals surface area contributed by atoms with E-state index in [4.69, 9.17) is 11.6 Å². The second-order valence-corrected chi connectivity index (χ2v) is 7.75. The van der Waals surface area contributed by atoms with Crippen LogP contribution in [0.4, 0.5) is 10.5 Å². The summed E-state index contributed by atoms with van der Waals surface area (Å²) in [5.41, 5.74) is 2.13. The van der Waals surface area contributed by atoms with Gasteiger partial charge in [0.25, 0.3) is 0 Å². The van der Waals surface area contributed by atoms with Crippen LogP contribution < -0.4 is 10.6 Å². The third-order valence-electron chi connectivity index (χ3n) is 5.53. The summed E-state index contributed by atoms with van der Waals surface area (Å²) in [7, 11) is 0. The number of hydrogen-bond acceptors (Lipinski definition) is 2. The van der Waals surface area contributed by atoms with Crippen LogP contribution >= 0.6 is 11.6 Å². The van der Waals surface area contributed by atoms with Crippen LogP contribution in [0.1, 0.15) is 31.2 Å². The van der Waals surface area contributed by atoms with E-state index in [1.807, 2.05) is 12.1 Å². The molecule has 2 fully saturated rings. The fraction of sp³-hybridized carbons (Fsp3) is 0.381. The Kier molecular flexibility index (Phi) is 5.14. The summed E-state index contributed by atoms with van der Waals surface area (Å²) in [4.78, 5) is 14.9. The SMILES string of the molecule is O=C(Nc1ccc(Cl)cc1)NC1C[C@@H]2CC[C@@H](C1)N2Cc1ccccc1. The Balaban J connectivity index is 1.32. The molecule has 0 unspecified atom stereocenters. The first-order chi connectivity index (χ1) is 12.7. The van der Waals surface area contributed by atoms with E-state index in [0.717, 1.165) is 25.1 Å². The molecule has 4 nitrogen and oxygen atoms in total. The van der Waals surface area contributed by atoms with E-state index in [1.165, 1.54) is 18.4 Å². The number of fused-ring (bicyclic) bond motifs is 2. The van der Waals surface area contributed by atoms with Crippen LogP contribution in [0, 0.1) is 0 Å². The van der Waals surface area contributed by atoms with Gasteiger partial charge < -0.3 is 10.6 Å². The van der Waals surface area contributed by atoms with Crippen LogP contribution in [-0.2, 0) is 6.54 Å². The molecule has 2 saturated heterocycles. The minimum Gasteiger partial charge on any atom is -0.335 e. The smallest absolute Gasteiger partial charge is 0.319 e. The maximum Gasteiger partial charge on any atom is 0.319 e. The lowest BCUT2D eigenvalue weighted by Gasteiger charge is -2.39. The van der Waals surface area contributed by atoms with Gasteiger partial charge >= 0.3 is 6.03 Å². The van der Waals surface area contributed by atoms with Gasteiger partial charge in [-0.15, -0.1) is 0 Å². The van der Waals surface area contributed by atoms with Gasteiger partial charge in [-0.05, 0) is 55.5 Å². The Bertz CT molecular complexity index is 736. The molecule has 2 heterocycles. The maximum absolute atomic E-state index is 12.3. The van der Waals surface area contributed by atoms with Crippen LogP contribution in [0.2, 0.25) is 5.02 Å². The van der Waals surface area contributed by atoms with Crippen molar-refractivity contribution in [2.24, 2.45) is 0 Å². The van der Waals surface area contributed by atoms with Crippen molar-refractivity contribution in [1.29, 1.82) is 0 Å². The Morgan fingerprint density at radius 3 is 2.31 bits per heavy atom. The van der Waals surface area contributed by atoms with Crippen LogP contribution in [0.25, 0.3) is 0 Å². The van der Waals surface area contributed by atoms with Gasteiger partial charge in [-0.3, -0.25) is 4.90 Å². The van der Waals surface area contributed by atoms with Gasteiger partial charge in [-0.2, -0.15) is 0 Å². The second-order valence-electron chi connectivity index (χ2n) is 7.32. The normalized spacial score (nSPS) is 25.0. The first-order valence-electron chi connectivity index (χ1n) is 9.30. The molecule has 2 atom stereocenters. The molecule has 2 aromatic rings. The maximum atomic E-state index is 12.3. The predicted octanol–water partition coefficient (Wildman–Crippen LogP) is 4.66. The Hall–Kier alpha value is -2.04. The topological polar surface area (TPSA) is 44.4 Å². The number of amides is 2. The van der Waals surface area contributed by atoms with E-state index in [1.54, 1.807) is 12.1 Å². The van der Waals surface area contributed by atoms with E-state index in [9.17, 15) is 4.79 Å². The van der Waals surface area contributed by atoms with Gasteiger partial charge in [-0.25, -0.2) is 4.79 Å². The molecular weight excluding hydrogens is 346 g/mol. The monoisotopic (exact) mass is 369 g/mol. The largest absolute Gasteiger partial charge is 0.335 e. The van der Waals surface area contributed by atoms with Crippen LogP contribution in [0.3, 0.4) is 0 Å². The summed E-state index contributed by atoms with van der Waals surface area (Å²) >= 11 is 5.88. The van der Waals surface area contributed by atoms with Gasteiger partial charge in [0, 0.05) is 35.4 Å². The zero-order valence-electron chi connectivity index (χ0n) is 14.7. The highest BCUT2D eigenvalue weighted by atomic mass is 35.5. The summed E-state index contributed by atoms with van der Waals surface area (Å²) in [6.45, 7) is 1.01. The summed E-state index contributed by atoms with van der Waals surface area (Å²) in [6.07, 6.45) is 4.51. The summed E-state index contributed by atoms with van der Waals surface area (Å²) < 4.78 is 0. The highest BCUT2D eigenvalue weighted by Gasteiger charge is 2.40. The minimum atomic E-state index is -0.131. The zero-order chi connectivity index (χ0) is 17.9. The summed E-state index contributed by atoms with van der Waals surface area (Å²) in [5.74, 6) is 0. The first-order valence-corrected chi connectivity index (χ1v) is 9.68. The standard InChI is InChI=1S/C21H24ClN3O/c22-16-6-8-17(9-7-16)23-21(26)24-18-12-19-10-11-20(13-18)25(19)14-15-4-2-1-3-5-15/h1-9,18-20H,10-14H2,(H2,23,24,26)/t19-,20-/m0/s1. The van der Waals surface area contributed by atoms with Crippen molar-refractivity contribution in [2.45, 2.75) is 50.4 Å². The van der Waals surface area contributed by atoms with Crippen molar-refractivity contribution in [3.05, 3.63) is 65.2 Å². The number of carbonyl (C=O) groups is 1. The zero-order valence-corrected chi connectivity index (χ0v) is 15.5. The van der Waals surface area contributed by atoms with Crippen molar-refractivity contribution in [2.75, 3.05) is 5.32 Å². The number of nitrogens with one attached hydrogen (secondary N) is 2. The molecule has 0 aliphatic carbocycles. The van der Waals surface area contributed by atoms with E-state index in [-0.39, 0.29) is 12.1 Å². The molecule has 5 heteroatoms. The molecule has 2 aliphatic rings. The fourth-order valence-corrected chi connectivity index (χ4v) is 4.46. The summed E-state index contributed by atoms with van der Waals surface area (Å²) in [5, 5.41) is 6.72. The molecule has 0 radical (unpaired) electrons. The average molecular weight is 370 g/mol. The number of halogens is 1. The highest BCUT2D eigenvalue weighted by Crippen LogP contribution is 2.36. The number of benzene rings is 2. The Labute approximate surface area is 159 Å². The van der Waals surface area contributed by atoms with Crippen LogP contribution in [-0.4, -0.2) is 29.1 Å². The van der Waals surface area contributed by atoms with Gasteiger partial charge in [0.15, 0.2) is 0 Å². The number of nitrogens with zero attached hydrogens (tertiary/aromatic N) is 1. The van der Waals surface area contributed by atoms with Crippen molar-refractivity contribution in [3.63, 3.8) is 0 Å². The minimum absolute atomic E-state index is 0.131. The number of anilines is 1. The van der Waals surface area contributed by atoms with Crippen molar-refractivity contribution >= 4 is 23.3 Å². The third-order valence-corrected chi connectivity index (χ3v) is 5.78. The quantitative estimate of drug-likeness (QED) is 0.823. The van der Waals surface area contributed by atoms with Crippen molar-refractivity contribution < 1.29 is 4.79 Å². The number of urea groups is 1. The fourth-order valence-electron chi connectivity index (χ4n) is 4.33. The molecule has 4 rings (SSSR count). The van der Waals surface area contributed by atoms with Crippen LogP contribution in [0.5, 0.6) is 0 Å². The average Bonchev–Trinajstić information content (AvgIpc) is 2.87. The molecule has 136 valence electrons. The summed E-state index contributed by atoms with van der Waals surface area (Å²) in [6, 6.07) is 19.1. The number of hydrogen-bond donors (Lipinski definition) is 2. The third kappa shape index (κ3) is 4.02. The molecule has 0 saturated carbocycles. The lowest BCUT2D eigenvalue weighted by molar-refractivity contribution is 0.112. The molecule has 2 bridgehead atoms. The van der Waals surface area contributed by atoms with Gasteiger partial charge in [0.1, 0.15) is 0 Å². The lowest BCUT2D eigenvalue weighted by atomic mass is 9.96. The van der Waals surface area contributed by atoms with Crippen molar-refractivity contribution in [3.8, 4) is 0 Å². The molecule has 2 aromatic carbocycles. The number of carbonyl (C=O) groups excluding carboxylic acids is 1. The van der Waals surface area contributed by atoms with Crippen molar-refractivity contribution in [1.82, 2.24) is 10.2 Å². The van der Waals surface area contributed by atoms with Gasteiger partial charge in [0.2, 0.25) is 0 Å². The Morgan fingerprint density at radius 1 is 1.00 bits per heavy atom. The van der Waals surface area contributed by atoms with Gasteiger partial charge in [-0.1, -0.05) is 41.9 Å². The molecule has 2 amide bonds. The van der Waals surface area contributed by atoms with Crippen LogP contribution in [0.15, 0.2) is 54.6 Å². The molecule has 0 aromatic heterocycles. The Morgan fingerprint density at radius 2 is 1.65 bits per heavy atom. The molecule has 2 aliphatic heterocycles. The molecular formula is C21H24ClN3O. The highest BCUT2D eigenvalue weighted by molar-refractivity contribution is 6.30. The molecule has 26 heavy (non-hydrogen) atoms.